The van der Waals surface area contributed by atoms with Crippen LogP contribution in [0.3, 0.4) is 0 Å². The summed E-state index contributed by atoms with van der Waals surface area (Å²) in [5.41, 5.74) is 7.01. The third kappa shape index (κ3) is 3.05. The Morgan fingerprint density at radius 1 is 1.32 bits per heavy atom. The molecule has 0 radical (unpaired) electrons. The molecule has 1 aliphatic rings. The zero-order valence-electron chi connectivity index (χ0n) is 11.5. The van der Waals surface area contributed by atoms with Crippen molar-refractivity contribution in [3.63, 3.8) is 0 Å². The quantitative estimate of drug-likeness (QED) is 0.858. The third-order valence-electron chi connectivity index (χ3n) is 3.65. The first-order valence-electron chi connectivity index (χ1n) is 6.47. The number of nitrogens with two attached hydrogens (primary N) is 1. The Hall–Kier alpha value is -1.59. The number of methoxy groups -OCH3 is 1. The highest BCUT2D eigenvalue weighted by Gasteiger charge is 2.27. The summed E-state index contributed by atoms with van der Waals surface area (Å²) in [6.07, 6.45) is 0. The normalized spacial score (nSPS) is 18.5. The maximum Gasteiger partial charge on any atom is 0.236 e. The Kier molecular flexibility index (Phi) is 4.39. The summed E-state index contributed by atoms with van der Waals surface area (Å²) in [6.45, 7) is 2.55. The van der Waals surface area contributed by atoms with E-state index in [2.05, 4.69) is 4.90 Å². The molecule has 1 heterocycles. The molecule has 0 saturated carbocycles. The zero-order chi connectivity index (χ0) is 13.8. The minimum Gasteiger partial charge on any atom is -0.497 e. The van der Waals surface area contributed by atoms with Crippen LogP contribution in [-0.2, 0) is 4.79 Å². The average molecular weight is 263 g/mol. The minimum absolute atomic E-state index is 0.0866. The van der Waals surface area contributed by atoms with Gasteiger partial charge in [-0.1, -0.05) is 12.1 Å². The highest BCUT2D eigenvalue weighted by molar-refractivity contribution is 5.78. The van der Waals surface area contributed by atoms with E-state index in [0.717, 1.165) is 24.4 Å². The smallest absolute Gasteiger partial charge is 0.236 e. The van der Waals surface area contributed by atoms with Crippen LogP contribution in [0.2, 0.25) is 0 Å². The lowest BCUT2D eigenvalue weighted by Gasteiger charge is -2.37. The van der Waals surface area contributed by atoms with Crippen molar-refractivity contribution in [3.8, 4) is 5.75 Å². The van der Waals surface area contributed by atoms with Crippen LogP contribution in [0.15, 0.2) is 24.3 Å². The van der Waals surface area contributed by atoms with Crippen LogP contribution in [0.5, 0.6) is 5.75 Å². The molecule has 1 saturated heterocycles. The molecular formula is C14H21N3O2. The van der Waals surface area contributed by atoms with Crippen molar-refractivity contribution >= 4 is 5.91 Å². The zero-order valence-corrected chi connectivity index (χ0v) is 11.5. The van der Waals surface area contributed by atoms with Gasteiger partial charge in [0.25, 0.3) is 0 Å². The Balaban J connectivity index is 2.12. The van der Waals surface area contributed by atoms with E-state index in [4.69, 9.17) is 10.5 Å². The van der Waals surface area contributed by atoms with Gasteiger partial charge in [-0.25, -0.2) is 0 Å². The van der Waals surface area contributed by atoms with E-state index >= 15 is 0 Å². The molecule has 0 aliphatic carbocycles. The van der Waals surface area contributed by atoms with E-state index in [1.54, 1.807) is 12.0 Å². The van der Waals surface area contributed by atoms with E-state index in [-0.39, 0.29) is 11.9 Å². The maximum atomic E-state index is 11.8. The molecule has 1 aromatic rings. The van der Waals surface area contributed by atoms with Crippen molar-refractivity contribution in [3.05, 3.63) is 29.8 Å². The van der Waals surface area contributed by atoms with Crippen molar-refractivity contribution < 1.29 is 9.53 Å². The minimum atomic E-state index is 0.0866. The predicted octanol–water partition coefficient (Wildman–Crippen LogP) is 0.469. The van der Waals surface area contributed by atoms with Gasteiger partial charge in [-0.2, -0.15) is 0 Å². The monoisotopic (exact) mass is 263 g/mol. The van der Waals surface area contributed by atoms with Gasteiger partial charge in [0.1, 0.15) is 5.75 Å². The topological polar surface area (TPSA) is 58.8 Å². The number of ether oxygens (including phenoxy) is 1. The molecule has 5 heteroatoms. The number of hydrogen-bond donors (Lipinski definition) is 1. The van der Waals surface area contributed by atoms with Crippen LogP contribution in [0.4, 0.5) is 0 Å². The highest BCUT2D eigenvalue weighted by Crippen LogP contribution is 2.23. The molecule has 2 rings (SSSR count). The van der Waals surface area contributed by atoms with Crippen molar-refractivity contribution in [2.75, 3.05) is 40.3 Å². The molecule has 2 N–H and O–H groups in total. The van der Waals surface area contributed by atoms with Crippen molar-refractivity contribution in [2.45, 2.75) is 6.04 Å². The van der Waals surface area contributed by atoms with Crippen LogP contribution in [0.25, 0.3) is 0 Å². The molecule has 0 spiro atoms. The number of likely N-dealkylation sites (N-methyl/N-ethyl adjacent to an activating group) is 1. The SMILES string of the molecule is COc1ccc(C(CN)N2CCN(C)C(=O)C2)cc1. The standard InChI is InChI=1S/C14H21N3O2/c1-16-7-8-17(10-14(16)18)13(9-15)11-3-5-12(19-2)6-4-11/h3-6,13H,7-10,15H2,1-2H3. The average Bonchev–Trinajstić information content (AvgIpc) is 2.44. The number of rotatable bonds is 4. The third-order valence-corrected chi connectivity index (χ3v) is 3.65. The fourth-order valence-corrected chi connectivity index (χ4v) is 2.36. The van der Waals surface area contributed by atoms with Gasteiger partial charge in [0.2, 0.25) is 5.91 Å². The van der Waals surface area contributed by atoms with Crippen molar-refractivity contribution in [2.24, 2.45) is 5.73 Å². The van der Waals surface area contributed by atoms with Gasteiger partial charge in [0, 0.05) is 32.7 Å². The van der Waals surface area contributed by atoms with E-state index < -0.39 is 0 Å². The molecule has 104 valence electrons. The molecule has 1 unspecified atom stereocenters. The first kappa shape index (κ1) is 13.8. The van der Waals surface area contributed by atoms with Gasteiger partial charge in [0.05, 0.1) is 13.7 Å². The van der Waals surface area contributed by atoms with Crippen molar-refractivity contribution in [1.82, 2.24) is 9.80 Å². The number of amides is 1. The lowest BCUT2D eigenvalue weighted by atomic mass is 10.0. The van der Waals surface area contributed by atoms with Gasteiger partial charge in [-0.05, 0) is 17.7 Å². The maximum absolute atomic E-state index is 11.8. The second kappa shape index (κ2) is 6.04. The summed E-state index contributed by atoms with van der Waals surface area (Å²) in [5.74, 6) is 0.979. The van der Waals surface area contributed by atoms with Gasteiger partial charge in [-0.3, -0.25) is 9.69 Å². The molecule has 0 bridgehead atoms. The Labute approximate surface area is 113 Å². The van der Waals surface area contributed by atoms with Crippen LogP contribution >= 0.6 is 0 Å². The van der Waals surface area contributed by atoms with Crippen molar-refractivity contribution in [1.29, 1.82) is 0 Å². The fourth-order valence-electron chi connectivity index (χ4n) is 2.36. The summed E-state index contributed by atoms with van der Waals surface area (Å²) >= 11 is 0. The van der Waals surface area contributed by atoms with Gasteiger partial charge < -0.3 is 15.4 Å². The van der Waals surface area contributed by atoms with E-state index in [1.807, 2.05) is 31.3 Å². The first-order chi connectivity index (χ1) is 9.15. The summed E-state index contributed by atoms with van der Waals surface area (Å²) in [6, 6.07) is 7.97. The first-order valence-corrected chi connectivity index (χ1v) is 6.47. The number of piperazine rings is 1. The Morgan fingerprint density at radius 2 is 2.00 bits per heavy atom. The molecule has 1 aliphatic heterocycles. The Bertz CT molecular complexity index is 433. The molecule has 19 heavy (non-hydrogen) atoms. The molecule has 5 nitrogen and oxygen atoms in total. The predicted molar refractivity (Wildman–Crippen MR) is 74.0 cm³/mol. The number of hydrogen-bond acceptors (Lipinski definition) is 4. The van der Waals surface area contributed by atoms with Crippen LogP contribution in [-0.4, -0.2) is 56.0 Å². The highest BCUT2D eigenvalue weighted by atomic mass is 16.5. The molecule has 1 atom stereocenters. The molecule has 1 amide bonds. The second-order valence-corrected chi connectivity index (χ2v) is 4.81. The second-order valence-electron chi connectivity index (χ2n) is 4.81. The van der Waals surface area contributed by atoms with Crippen LogP contribution in [0.1, 0.15) is 11.6 Å². The molecular weight excluding hydrogens is 242 g/mol. The fraction of sp³-hybridized carbons (Fsp3) is 0.500. The molecule has 0 aromatic heterocycles. The largest absolute Gasteiger partial charge is 0.497 e. The molecule has 1 aromatic carbocycles. The summed E-state index contributed by atoms with van der Waals surface area (Å²) < 4.78 is 5.15. The van der Waals surface area contributed by atoms with Gasteiger partial charge in [0.15, 0.2) is 0 Å². The van der Waals surface area contributed by atoms with E-state index in [0.29, 0.717) is 13.1 Å². The summed E-state index contributed by atoms with van der Waals surface area (Å²) in [4.78, 5) is 15.7. The Morgan fingerprint density at radius 3 is 2.53 bits per heavy atom. The van der Waals surface area contributed by atoms with Gasteiger partial charge >= 0.3 is 0 Å². The number of carbonyl (C=O) groups is 1. The van der Waals surface area contributed by atoms with Crippen LogP contribution in [0, 0.1) is 0 Å². The number of carbonyl (C=O) groups excluding carboxylic acids is 1. The summed E-state index contributed by atoms with van der Waals surface area (Å²) in [7, 11) is 3.49. The lowest BCUT2D eigenvalue weighted by molar-refractivity contribution is -0.135. The number of benzene rings is 1. The van der Waals surface area contributed by atoms with E-state index in [1.165, 1.54) is 0 Å². The molecule has 1 fully saturated rings. The van der Waals surface area contributed by atoms with Crippen LogP contribution < -0.4 is 10.5 Å². The van der Waals surface area contributed by atoms with E-state index in [9.17, 15) is 4.79 Å². The summed E-state index contributed by atoms with van der Waals surface area (Å²) in [5, 5.41) is 0. The number of nitrogens with zero attached hydrogens (tertiary/aromatic N) is 2. The lowest BCUT2D eigenvalue weighted by Crippen LogP contribution is -2.50. The van der Waals surface area contributed by atoms with Gasteiger partial charge in [-0.15, -0.1) is 0 Å².